The first-order chi connectivity index (χ1) is 17.3. The molecular formula is C25H20BrN5O4S. The Labute approximate surface area is 218 Å². The summed E-state index contributed by atoms with van der Waals surface area (Å²) in [6.07, 6.45) is 0.212. The van der Waals surface area contributed by atoms with E-state index in [9.17, 15) is 19.7 Å². The van der Waals surface area contributed by atoms with E-state index in [4.69, 9.17) is 0 Å². The van der Waals surface area contributed by atoms with Crippen LogP contribution in [0.5, 0.6) is 0 Å². The van der Waals surface area contributed by atoms with Gasteiger partial charge in [0.15, 0.2) is 0 Å². The number of carbonyl (C=O) groups is 2. The monoisotopic (exact) mass is 565 g/mol. The lowest BCUT2D eigenvalue weighted by molar-refractivity contribution is -0.385. The van der Waals surface area contributed by atoms with Crippen LogP contribution in [0.1, 0.15) is 21.5 Å². The Bertz CT molecular complexity index is 1430. The maximum Gasteiger partial charge on any atom is 0.273 e. The first kappa shape index (κ1) is 25.1. The minimum Gasteiger partial charge on any atom is -0.340 e. The number of hydrogen-bond acceptors (Lipinski definition) is 7. The van der Waals surface area contributed by atoms with Gasteiger partial charge in [-0.25, -0.2) is 0 Å². The predicted molar refractivity (Wildman–Crippen MR) is 141 cm³/mol. The normalized spacial score (nSPS) is 11.5. The van der Waals surface area contributed by atoms with Crippen molar-refractivity contribution in [3.63, 3.8) is 0 Å². The molecular weight excluding hydrogens is 546 g/mol. The van der Waals surface area contributed by atoms with Crippen molar-refractivity contribution in [3.05, 3.63) is 104 Å². The molecule has 0 fully saturated rings. The van der Waals surface area contributed by atoms with Gasteiger partial charge in [-0.3, -0.25) is 25.0 Å². The van der Waals surface area contributed by atoms with Crippen molar-refractivity contribution in [2.75, 3.05) is 5.32 Å². The third-order valence-corrected chi connectivity index (χ3v) is 6.68. The molecule has 0 saturated carbocycles. The number of nitro benzene ring substituents is 1. The molecule has 4 aromatic rings. The molecule has 0 aliphatic heterocycles. The lowest BCUT2D eigenvalue weighted by atomic mass is 10.0. The summed E-state index contributed by atoms with van der Waals surface area (Å²) >= 11 is 4.63. The molecule has 11 heteroatoms. The number of halogens is 1. The highest BCUT2D eigenvalue weighted by atomic mass is 79.9. The van der Waals surface area contributed by atoms with Gasteiger partial charge in [0.05, 0.1) is 4.92 Å². The van der Waals surface area contributed by atoms with E-state index in [-0.39, 0.29) is 22.8 Å². The number of aryl methyl sites for hydroxylation is 1. The van der Waals surface area contributed by atoms with Crippen molar-refractivity contribution in [2.24, 2.45) is 0 Å². The molecule has 1 unspecified atom stereocenters. The van der Waals surface area contributed by atoms with Gasteiger partial charge in [0.2, 0.25) is 11.0 Å². The molecule has 0 aliphatic rings. The molecule has 0 saturated heterocycles. The number of aromatic nitrogens is 2. The van der Waals surface area contributed by atoms with Crippen LogP contribution in [0.25, 0.3) is 10.6 Å². The first-order valence-corrected chi connectivity index (χ1v) is 12.4. The summed E-state index contributed by atoms with van der Waals surface area (Å²) < 4.78 is 0.891. The number of benzene rings is 3. The Balaban J connectivity index is 1.54. The summed E-state index contributed by atoms with van der Waals surface area (Å²) in [5, 5.41) is 25.9. The average molecular weight is 566 g/mol. The number of carbonyl (C=O) groups excluding carboxylic acids is 2. The van der Waals surface area contributed by atoms with E-state index in [1.165, 1.54) is 29.5 Å². The van der Waals surface area contributed by atoms with E-state index in [0.717, 1.165) is 15.6 Å². The summed E-state index contributed by atoms with van der Waals surface area (Å²) in [5.41, 5.74) is 2.04. The van der Waals surface area contributed by atoms with E-state index in [2.05, 4.69) is 36.8 Å². The van der Waals surface area contributed by atoms with E-state index in [1.54, 1.807) is 6.92 Å². The molecule has 4 rings (SSSR count). The number of nitrogens with one attached hydrogen (secondary N) is 2. The lowest BCUT2D eigenvalue weighted by Crippen LogP contribution is -2.45. The van der Waals surface area contributed by atoms with Gasteiger partial charge >= 0.3 is 0 Å². The Morgan fingerprint density at radius 3 is 2.56 bits per heavy atom. The number of amides is 2. The molecule has 2 N–H and O–H groups in total. The second-order valence-corrected chi connectivity index (χ2v) is 9.78. The largest absolute Gasteiger partial charge is 0.340 e. The molecule has 3 aromatic carbocycles. The van der Waals surface area contributed by atoms with Crippen LogP contribution in [-0.2, 0) is 11.2 Å². The maximum atomic E-state index is 13.2. The predicted octanol–water partition coefficient (Wildman–Crippen LogP) is 5.16. The second kappa shape index (κ2) is 11.2. The summed E-state index contributed by atoms with van der Waals surface area (Å²) in [7, 11) is 0. The summed E-state index contributed by atoms with van der Waals surface area (Å²) in [6.45, 7) is 1.59. The van der Waals surface area contributed by atoms with Crippen LogP contribution in [-0.4, -0.2) is 33.0 Å². The van der Waals surface area contributed by atoms with E-state index in [0.29, 0.717) is 10.6 Å². The van der Waals surface area contributed by atoms with Gasteiger partial charge in [-0.05, 0) is 30.7 Å². The third kappa shape index (κ3) is 6.18. The number of nitro groups is 1. The van der Waals surface area contributed by atoms with Crippen molar-refractivity contribution in [2.45, 2.75) is 19.4 Å². The first-order valence-electron chi connectivity index (χ1n) is 10.8. The molecule has 0 spiro atoms. The molecule has 36 heavy (non-hydrogen) atoms. The van der Waals surface area contributed by atoms with Gasteiger partial charge in [-0.1, -0.05) is 75.8 Å². The van der Waals surface area contributed by atoms with Gasteiger partial charge in [-0.2, -0.15) is 0 Å². The Morgan fingerprint density at radius 1 is 1.06 bits per heavy atom. The third-order valence-electron chi connectivity index (χ3n) is 5.30. The zero-order valence-corrected chi connectivity index (χ0v) is 21.4. The molecule has 1 atom stereocenters. The van der Waals surface area contributed by atoms with Crippen molar-refractivity contribution >= 4 is 49.9 Å². The maximum absolute atomic E-state index is 13.2. The Morgan fingerprint density at radius 2 is 1.83 bits per heavy atom. The number of rotatable bonds is 8. The van der Waals surface area contributed by atoms with Crippen LogP contribution >= 0.6 is 27.3 Å². The van der Waals surface area contributed by atoms with Gasteiger partial charge in [0, 0.05) is 33.7 Å². The molecule has 9 nitrogen and oxygen atoms in total. The fraction of sp³-hybridized carbons (Fsp3) is 0.120. The van der Waals surface area contributed by atoms with E-state index >= 15 is 0 Å². The van der Waals surface area contributed by atoms with Crippen LogP contribution in [0.15, 0.2) is 77.3 Å². The van der Waals surface area contributed by atoms with Crippen LogP contribution in [0.4, 0.5) is 10.8 Å². The summed E-state index contributed by atoms with van der Waals surface area (Å²) in [6, 6.07) is 20.0. The molecule has 182 valence electrons. The smallest absolute Gasteiger partial charge is 0.273 e. The zero-order valence-electron chi connectivity index (χ0n) is 19.0. The fourth-order valence-electron chi connectivity index (χ4n) is 3.45. The number of anilines is 1. The second-order valence-electron chi connectivity index (χ2n) is 7.89. The number of nitrogens with zero attached hydrogens (tertiary/aromatic N) is 3. The average Bonchev–Trinajstić information content (AvgIpc) is 3.33. The van der Waals surface area contributed by atoms with Crippen LogP contribution in [0.2, 0.25) is 0 Å². The summed E-state index contributed by atoms with van der Waals surface area (Å²) in [5.74, 6) is -1.08. The summed E-state index contributed by atoms with van der Waals surface area (Å²) in [4.78, 5) is 36.9. The van der Waals surface area contributed by atoms with Crippen LogP contribution in [0.3, 0.4) is 0 Å². The molecule has 0 radical (unpaired) electrons. The minimum atomic E-state index is -0.960. The SMILES string of the molecule is Cc1ccc(C(=O)NC(Cc2ccccc2)C(=O)Nc2nnc(-c3cccc(Br)c3)s2)cc1[N+](=O)[O-]. The zero-order chi connectivity index (χ0) is 25.7. The molecule has 1 heterocycles. The van der Waals surface area contributed by atoms with Crippen molar-refractivity contribution < 1.29 is 14.5 Å². The molecule has 0 aliphatic carbocycles. The lowest BCUT2D eigenvalue weighted by Gasteiger charge is -2.18. The van der Waals surface area contributed by atoms with Crippen molar-refractivity contribution in [3.8, 4) is 10.6 Å². The van der Waals surface area contributed by atoms with Crippen LogP contribution in [0, 0.1) is 17.0 Å². The van der Waals surface area contributed by atoms with Crippen molar-refractivity contribution in [1.29, 1.82) is 0 Å². The highest BCUT2D eigenvalue weighted by Crippen LogP contribution is 2.28. The van der Waals surface area contributed by atoms with Gasteiger partial charge in [-0.15, -0.1) is 10.2 Å². The minimum absolute atomic E-state index is 0.0889. The molecule has 0 bridgehead atoms. The molecule has 1 aromatic heterocycles. The Hall–Kier alpha value is -3.96. The molecule has 2 amide bonds. The van der Waals surface area contributed by atoms with Gasteiger partial charge < -0.3 is 5.32 Å². The van der Waals surface area contributed by atoms with Crippen LogP contribution < -0.4 is 10.6 Å². The van der Waals surface area contributed by atoms with E-state index < -0.39 is 22.8 Å². The topological polar surface area (TPSA) is 127 Å². The number of hydrogen-bond donors (Lipinski definition) is 2. The van der Waals surface area contributed by atoms with Gasteiger partial charge in [0.1, 0.15) is 11.0 Å². The Kier molecular flexibility index (Phi) is 7.81. The standard InChI is InChI=1S/C25H20BrN5O4S/c1-15-10-11-17(14-21(15)31(34)35)22(32)27-20(12-16-6-3-2-4-7-16)23(33)28-25-30-29-24(36-25)18-8-5-9-19(26)13-18/h2-11,13-14,20H,12H2,1H3,(H,27,32)(H,28,30,33). The van der Waals surface area contributed by atoms with Crippen molar-refractivity contribution in [1.82, 2.24) is 15.5 Å². The highest BCUT2D eigenvalue weighted by molar-refractivity contribution is 9.10. The fourth-order valence-corrected chi connectivity index (χ4v) is 4.59. The quantitative estimate of drug-likeness (QED) is 0.224. The highest BCUT2D eigenvalue weighted by Gasteiger charge is 2.24. The van der Waals surface area contributed by atoms with Gasteiger partial charge in [0.25, 0.3) is 11.6 Å². The van der Waals surface area contributed by atoms with E-state index in [1.807, 2.05) is 54.6 Å².